The molecule has 2 fully saturated rings. The third-order valence-electron chi connectivity index (χ3n) is 3.09. The highest BCUT2D eigenvalue weighted by atomic mass is 32.1. The summed E-state index contributed by atoms with van der Waals surface area (Å²) in [6.45, 7) is 4.61. The molecule has 0 atom stereocenters. The van der Waals surface area contributed by atoms with Crippen LogP contribution in [0, 0.1) is 0 Å². The van der Waals surface area contributed by atoms with E-state index in [1.807, 2.05) is 0 Å². The number of likely N-dealkylation sites (tertiary alicyclic amines) is 1. The van der Waals surface area contributed by atoms with E-state index in [-0.39, 0.29) is 11.6 Å². The maximum absolute atomic E-state index is 11.0. The van der Waals surface area contributed by atoms with Crippen molar-refractivity contribution in [1.29, 1.82) is 0 Å². The van der Waals surface area contributed by atoms with Crippen molar-refractivity contribution >= 4 is 23.0 Å². The monoisotopic (exact) mass is 243 g/mol. The number of piperidine rings is 1. The van der Waals surface area contributed by atoms with E-state index in [4.69, 9.17) is 21.7 Å². The third kappa shape index (κ3) is 2.59. The van der Waals surface area contributed by atoms with Crippen molar-refractivity contribution < 1.29 is 14.3 Å². The summed E-state index contributed by atoms with van der Waals surface area (Å²) in [5.41, 5.74) is 0. The first-order valence-corrected chi connectivity index (χ1v) is 6.07. The molecule has 0 N–H and O–H groups in total. The van der Waals surface area contributed by atoms with Gasteiger partial charge in [0, 0.05) is 25.9 Å². The van der Waals surface area contributed by atoms with Crippen LogP contribution in [-0.2, 0) is 14.3 Å². The zero-order valence-electron chi connectivity index (χ0n) is 9.53. The van der Waals surface area contributed by atoms with Gasteiger partial charge in [-0.15, -0.1) is 0 Å². The van der Waals surface area contributed by atoms with E-state index in [1.54, 1.807) is 6.92 Å². The molecular formula is C11H17NO3S. The molecule has 0 amide bonds. The number of hydrogen-bond acceptors (Lipinski definition) is 4. The van der Waals surface area contributed by atoms with Crippen LogP contribution in [0.3, 0.4) is 0 Å². The van der Waals surface area contributed by atoms with E-state index in [0.717, 1.165) is 30.9 Å². The molecule has 2 heterocycles. The van der Waals surface area contributed by atoms with Gasteiger partial charge in [0.15, 0.2) is 5.79 Å². The summed E-state index contributed by atoms with van der Waals surface area (Å²) >= 11 is 5.24. The Hall–Kier alpha value is -0.520. The predicted octanol–water partition coefficient (Wildman–Crippen LogP) is 1.13. The molecule has 0 aliphatic carbocycles. The van der Waals surface area contributed by atoms with Gasteiger partial charge >= 0.3 is 0 Å². The number of Topliss-reactive ketones (excluding diaryl/α,β-unsaturated/α-hetero) is 1. The number of rotatable bonds is 2. The van der Waals surface area contributed by atoms with Crippen molar-refractivity contribution in [2.24, 2.45) is 0 Å². The van der Waals surface area contributed by atoms with Crippen LogP contribution in [0.4, 0.5) is 0 Å². The minimum absolute atomic E-state index is 0.124. The molecule has 2 saturated heterocycles. The first-order valence-electron chi connectivity index (χ1n) is 5.66. The van der Waals surface area contributed by atoms with Crippen LogP contribution in [-0.4, -0.2) is 47.8 Å². The smallest absolute Gasteiger partial charge is 0.171 e. The molecule has 0 aromatic carbocycles. The molecule has 16 heavy (non-hydrogen) atoms. The van der Waals surface area contributed by atoms with E-state index in [2.05, 4.69) is 4.90 Å². The quantitative estimate of drug-likeness (QED) is 0.680. The van der Waals surface area contributed by atoms with E-state index < -0.39 is 0 Å². The average Bonchev–Trinajstić information content (AvgIpc) is 2.66. The van der Waals surface area contributed by atoms with Crippen LogP contribution in [0.1, 0.15) is 26.2 Å². The Morgan fingerprint density at radius 3 is 2.38 bits per heavy atom. The van der Waals surface area contributed by atoms with Crippen LogP contribution in [0.2, 0.25) is 0 Å². The SMILES string of the molecule is CC(=O)CC(=S)N1CCC2(CC1)OCCO2. The van der Waals surface area contributed by atoms with Gasteiger partial charge in [0.1, 0.15) is 5.78 Å². The van der Waals surface area contributed by atoms with Gasteiger partial charge in [-0.05, 0) is 6.92 Å². The largest absolute Gasteiger partial charge is 0.365 e. The van der Waals surface area contributed by atoms with Crippen LogP contribution in [0.5, 0.6) is 0 Å². The van der Waals surface area contributed by atoms with Gasteiger partial charge in [-0.2, -0.15) is 0 Å². The lowest BCUT2D eigenvalue weighted by molar-refractivity contribution is -0.180. The maximum Gasteiger partial charge on any atom is 0.171 e. The van der Waals surface area contributed by atoms with Crippen molar-refractivity contribution in [2.45, 2.75) is 32.0 Å². The van der Waals surface area contributed by atoms with Gasteiger partial charge in [-0.3, -0.25) is 4.79 Å². The summed E-state index contributed by atoms with van der Waals surface area (Å²) in [7, 11) is 0. The maximum atomic E-state index is 11.0. The molecule has 4 nitrogen and oxygen atoms in total. The molecule has 2 rings (SSSR count). The van der Waals surface area contributed by atoms with Crippen molar-refractivity contribution in [3.8, 4) is 0 Å². The molecule has 2 aliphatic heterocycles. The fraction of sp³-hybridized carbons (Fsp3) is 0.818. The van der Waals surface area contributed by atoms with E-state index in [1.165, 1.54) is 0 Å². The van der Waals surface area contributed by atoms with Crippen molar-refractivity contribution in [3.63, 3.8) is 0 Å². The lowest BCUT2D eigenvalue weighted by Crippen LogP contribution is -2.47. The first-order chi connectivity index (χ1) is 7.61. The molecule has 0 radical (unpaired) electrons. The summed E-state index contributed by atoms with van der Waals surface area (Å²) in [6, 6.07) is 0. The number of ether oxygens (including phenoxy) is 2. The van der Waals surface area contributed by atoms with Crippen LogP contribution < -0.4 is 0 Å². The normalized spacial score (nSPS) is 23.7. The molecule has 0 saturated carbocycles. The highest BCUT2D eigenvalue weighted by Gasteiger charge is 2.40. The van der Waals surface area contributed by atoms with Crippen LogP contribution in [0.25, 0.3) is 0 Å². The Labute approximate surface area is 101 Å². The van der Waals surface area contributed by atoms with Gasteiger partial charge in [0.2, 0.25) is 0 Å². The number of hydrogen-bond donors (Lipinski definition) is 0. The Kier molecular flexibility index (Phi) is 3.56. The molecule has 5 heteroatoms. The molecule has 0 bridgehead atoms. The fourth-order valence-electron chi connectivity index (χ4n) is 2.21. The molecule has 0 aromatic heterocycles. The Morgan fingerprint density at radius 1 is 1.31 bits per heavy atom. The molecule has 0 aromatic rings. The fourth-order valence-corrected chi connectivity index (χ4v) is 2.59. The van der Waals surface area contributed by atoms with E-state index in [0.29, 0.717) is 19.6 Å². The predicted molar refractivity (Wildman–Crippen MR) is 63.3 cm³/mol. The number of thiocarbonyl (C=S) groups is 1. The van der Waals surface area contributed by atoms with Crippen LogP contribution >= 0.6 is 12.2 Å². The number of nitrogens with zero attached hydrogens (tertiary/aromatic N) is 1. The summed E-state index contributed by atoms with van der Waals surface area (Å²) in [6.07, 6.45) is 2.06. The lowest BCUT2D eigenvalue weighted by atomic mass is 10.0. The van der Waals surface area contributed by atoms with Crippen molar-refractivity contribution in [3.05, 3.63) is 0 Å². The standard InChI is InChI=1S/C11H17NO3S/c1-9(13)8-10(16)12-4-2-11(3-5-12)14-6-7-15-11/h2-8H2,1H3. The summed E-state index contributed by atoms with van der Waals surface area (Å²) in [5.74, 6) is -0.235. The molecule has 0 unspecified atom stereocenters. The molecule has 2 aliphatic rings. The molecule has 90 valence electrons. The zero-order chi connectivity index (χ0) is 11.6. The minimum Gasteiger partial charge on any atom is -0.365 e. The molecular weight excluding hydrogens is 226 g/mol. The zero-order valence-corrected chi connectivity index (χ0v) is 10.3. The van der Waals surface area contributed by atoms with Gasteiger partial charge in [-0.1, -0.05) is 12.2 Å². The third-order valence-corrected chi connectivity index (χ3v) is 3.49. The molecule has 1 spiro atoms. The lowest BCUT2D eigenvalue weighted by Gasteiger charge is -2.38. The number of carbonyl (C=O) groups is 1. The minimum atomic E-state index is -0.359. The van der Waals surface area contributed by atoms with Crippen molar-refractivity contribution in [1.82, 2.24) is 4.90 Å². The van der Waals surface area contributed by atoms with Gasteiger partial charge in [0.25, 0.3) is 0 Å². The second kappa shape index (κ2) is 4.77. The highest BCUT2D eigenvalue weighted by molar-refractivity contribution is 7.80. The number of carbonyl (C=O) groups excluding carboxylic acids is 1. The average molecular weight is 243 g/mol. The summed E-state index contributed by atoms with van der Waals surface area (Å²) in [5, 5.41) is 0. The second-order valence-corrected chi connectivity index (χ2v) is 4.84. The highest BCUT2D eigenvalue weighted by Crippen LogP contribution is 2.31. The first kappa shape index (κ1) is 12.0. The topological polar surface area (TPSA) is 38.8 Å². The van der Waals surface area contributed by atoms with Gasteiger partial charge in [0.05, 0.1) is 24.6 Å². The Balaban J connectivity index is 1.85. The number of ketones is 1. The van der Waals surface area contributed by atoms with Gasteiger partial charge < -0.3 is 14.4 Å². The van der Waals surface area contributed by atoms with Crippen molar-refractivity contribution in [2.75, 3.05) is 26.3 Å². The van der Waals surface area contributed by atoms with E-state index >= 15 is 0 Å². The van der Waals surface area contributed by atoms with Gasteiger partial charge in [-0.25, -0.2) is 0 Å². The second-order valence-electron chi connectivity index (χ2n) is 4.37. The van der Waals surface area contributed by atoms with Crippen LogP contribution in [0.15, 0.2) is 0 Å². The van der Waals surface area contributed by atoms with E-state index in [9.17, 15) is 4.79 Å². The summed E-state index contributed by atoms with van der Waals surface area (Å²) in [4.78, 5) is 13.8. The summed E-state index contributed by atoms with van der Waals surface area (Å²) < 4.78 is 11.3. The Bertz CT molecular complexity index is 290. The Morgan fingerprint density at radius 2 is 1.88 bits per heavy atom.